The molecule has 1 aliphatic carbocycles. The lowest BCUT2D eigenvalue weighted by Gasteiger charge is -2.36. The molecule has 1 fully saturated rings. The summed E-state index contributed by atoms with van der Waals surface area (Å²) in [5, 5.41) is 0. The lowest BCUT2D eigenvalue weighted by molar-refractivity contribution is 0.0169. The van der Waals surface area contributed by atoms with Crippen molar-refractivity contribution in [1.29, 1.82) is 0 Å². The van der Waals surface area contributed by atoms with Crippen LogP contribution in [0.3, 0.4) is 0 Å². The average Bonchev–Trinajstić information content (AvgIpc) is 2.38. The van der Waals surface area contributed by atoms with Gasteiger partial charge in [0.25, 0.3) is 0 Å². The number of likely N-dealkylation sites (tertiary alicyclic amines) is 1. The van der Waals surface area contributed by atoms with Gasteiger partial charge < -0.3 is 9.64 Å². The monoisotopic (exact) mass is 341 g/mol. The van der Waals surface area contributed by atoms with Crippen LogP contribution in [0.25, 0.3) is 0 Å². The number of halogens is 1. The van der Waals surface area contributed by atoms with Crippen molar-refractivity contribution in [2.75, 3.05) is 13.1 Å². The van der Waals surface area contributed by atoms with Gasteiger partial charge in [0, 0.05) is 17.6 Å². The molecule has 0 N–H and O–H groups in total. The first-order valence-electron chi connectivity index (χ1n) is 7.37. The second kappa shape index (κ2) is 6.33. The minimum atomic E-state index is -0.406. The molecule has 3 nitrogen and oxygen atoms in total. The second-order valence-corrected chi connectivity index (χ2v) is 7.57. The van der Waals surface area contributed by atoms with E-state index in [1.54, 1.807) is 0 Å². The summed E-state index contributed by atoms with van der Waals surface area (Å²) in [5.74, 6) is 1.30. The van der Waals surface area contributed by atoms with Crippen LogP contribution in [0.15, 0.2) is 22.7 Å². The minimum Gasteiger partial charge on any atom is -0.444 e. The first kappa shape index (κ1) is 15.6. The number of hydrogen-bond acceptors (Lipinski definition) is 2. The van der Waals surface area contributed by atoms with Crippen molar-refractivity contribution >= 4 is 22.0 Å². The number of ether oxygens (including phenoxy) is 1. The maximum absolute atomic E-state index is 12.0. The number of allylic oxidation sites excluding steroid dienone is 4. The summed E-state index contributed by atoms with van der Waals surface area (Å²) in [5.41, 5.74) is -0.406. The van der Waals surface area contributed by atoms with Crippen LogP contribution >= 0.6 is 15.9 Å². The Morgan fingerprint density at radius 1 is 1.35 bits per heavy atom. The van der Waals surface area contributed by atoms with E-state index in [1.165, 1.54) is 4.48 Å². The predicted octanol–water partition coefficient (Wildman–Crippen LogP) is 4.49. The van der Waals surface area contributed by atoms with Crippen molar-refractivity contribution in [3.8, 4) is 0 Å². The van der Waals surface area contributed by atoms with Crippen LogP contribution in [0.5, 0.6) is 0 Å². The first-order valence-corrected chi connectivity index (χ1v) is 8.16. The Labute approximate surface area is 130 Å². The van der Waals surface area contributed by atoms with Gasteiger partial charge in [0.05, 0.1) is 0 Å². The van der Waals surface area contributed by atoms with E-state index in [0.29, 0.717) is 11.8 Å². The smallest absolute Gasteiger partial charge is 0.410 e. The molecule has 2 aliphatic rings. The number of carbonyl (C=O) groups is 1. The van der Waals surface area contributed by atoms with Crippen molar-refractivity contribution < 1.29 is 9.53 Å². The van der Waals surface area contributed by atoms with Gasteiger partial charge in [-0.05, 0) is 51.9 Å². The van der Waals surface area contributed by atoms with Gasteiger partial charge in [0.1, 0.15) is 5.60 Å². The number of nitrogens with zero attached hydrogens (tertiary/aromatic N) is 1. The second-order valence-electron chi connectivity index (χ2n) is 6.65. The van der Waals surface area contributed by atoms with Crippen molar-refractivity contribution in [2.24, 2.45) is 11.8 Å². The fourth-order valence-electron chi connectivity index (χ4n) is 2.80. The standard InChI is InChI=1S/C16H24BrNO2/c1-16(2,3)20-15(19)18-10-8-13(9-11-18)12-4-6-14(17)7-5-12/h4,6-7,12-13H,5,8-11H2,1-3H3. The molecule has 1 atom stereocenters. The van der Waals surface area contributed by atoms with E-state index >= 15 is 0 Å². The van der Waals surface area contributed by atoms with Crippen LogP contribution in [0.4, 0.5) is 4.79 Å². The Balaban J connectivity index is 1.81. The maximum Gasteiger partial charge on any atom is 0.410 e. The lowest BCUT2D eigenvalue weighted by atomic mass is 9.81. The van der Waals surface area contributed by atoms with E-state index in [0.717, 1.165) is 32.4 Å². The van der Waals surface area contributed by atoms with Gasteiger partial charge in [-0.1, -0.05) is 34.2 Å². The molecule has 0 aromatic rings. The normalized spacial score (nSPS) is 24.5. The summed E-state index contributed by atoms with van der Waals surface area (Å²) < 4.78 is 6.61. The Morgan fingerprint density at radius 2 is 2.00 bits per heavy atom. The molecule has 0 saturated carbocycles. The van der Waals surface area contributed by atoms with Crippen LogP contribution < -0.4 is 0 Å². The molecule has 1 unspecified atom stereocenters. The Hall–Kier alpha value is -0.770. The Kier molecular flexibility index (Phi) is 4.95. The van der Waals surface area contributed by atoms with Gasteiger partial charge >= 0.3 is 6.09 Å². The third-order valence-electron chi connectivity index (χ3n) is 3.88. The molecule has 1 aliphatic heterocycles. The molecule has 112 valence electrons. The molecular formula is C16H24BrNO2. The number of rotatable bonds is 1. The molecule has 0 aromatic heterocycles. The highest BCUT2D eigenvalue weighted by atomic mass is 79.9. The SMILES string of the molecule is CC(C)(C)OC(=O)N1CCC(C2C=CC(Br)=CC2)CC1. The summed E-state index contributed by atoms with van der Waals surface area (Å²) in [6.07, 6.45) is 9.77. The lowest BCUT2D eigenvalue weighted by Crippen LogP contribution is -2.42. The summed E-state index contributed by atoms with van der Waals surface area (Å²) in [7, 11) is 0. The average molecular weight is 342 g/mol. The zero-order valence-electron chi connectivity index (χ0n) is 12.6. The topological polar surface area (TPSA) is 29.5 Å². The van der Waals surface area contributed by atoms with Crippen molar-refractivity contribution in [2.45, 2.75) is 45.6 Å². The Morgan fingerprint density at radius 3 is 2.50 bits per heavy atom. The van der Waals surface area contributed by atoms with Crippen LogP contribution in [0, 0.1) is 11.8 Å². The number of hydrogen-bond donors (Lipinski definition) is 0. The van der Waals surface area contributed by atoms with Crippen LogP contribution in [0.2, 0.25) is 0 Å². The highest BCUT2D eigenvalue weighted by Gasteiger charge is 2.29. The molecule has 2 rings (SSSR count). The number of carbonyl (C=O) groups excluding carboxylic acids is 1. The van der Waals surface area contributed by atoms with Crippen LogP contribution in [-0.4, -0.2) is 29.7 Å². The largest absolute Gasteiger partial charge is 0.444 e. The minimum absolute atomic E-state index is 0.169. The van der Waals surface area contributed by atoms with Crippen LogP contribution in [-0.2, 0) is 4.74 Å². The summed E-state index contributed by atoms with van der Waals surface area (Å²) in [6.45, 7) is 7.36. The highest BCUT2D eigenvalue weighted by molar-refractivity contribution is 9.11. The quantitative estimate of drug-likeness (QED) is 0.703. The fraction of sp³-hybridized carbons (Fsp3) is 0.688. The molecule has 0 radical (unpaired) electrons. The zero-order chi connectivity index (χ0) is 14.8. The van der Waals surface area contributed by atoms with E-state index in [4.69, 9.17) is 4.74 Å². The van der Waals surface area contributed by atoms with Crippen molar-refractivity contribution in [1.82, 2.24) is 4.90 Å². The summed E-state index contributed by atoms with van der Waals surface area (Å²) in [4.78, 5) is 13.9. The Bertz CT molecular complexity index is 415. The zero-order valence-corrected chi connectivity index (χ0v) is 14.1. The van der Waals surface area contributed by atoms with Gasteiger partial charge in [-0.15, -0.1) is 0 Å². The van der Waals surface area contributed by atoms with Gasteiger partial charge in [0.15, 0.2) is 0 Å². The molecule has 0 spiro atoms. The first-order chi connectivity index (χ1) is 9.35. The van der Waals surface area contributed by atoms with E-state index in [2.05, 4.69) is 34.2 Å². The van der Waals surface area contributed by atoms with Crippen molar-refractivity contribution in [3.63, 3.8) is 0 Å². The highest BCUT2D eigenvalue weighted by Crippen LogP contribution is 2.32. The van der Waals surface area contributed by atoms with E-state index in [1.807, 2.05) is 25.7 Å². The van der Waals surface area contributed by atoms with E-state index < -0.39 is 5.60 Å². The molecular weight excluding hydrogens is 318 g/mol. The van der Waals surface area contributed by atoms with Crippen molar-refractivity contribution in [3.05, 3.63) is 22.7 Å². The number of piperidine rings is 1. The third kappa shape index (κ3) is 4.37. The molecule has 1 amide bonds. The van der Waals surface area contributed by atoms with Gasteiger partial charge in [0.2, 0.25) is 0 Å². The molecule has 4 heteroatoms. The summed E-state index contributed by atoms with van der Waals surface area (Å²) >= 11 is 3.50. The third-order valence-corrected chi connectivity index (χ3v) is 4.47. The van der Waals surface area contributed by atoms with E-state index in [-0.39, 0.29) is 6.09 Å². The van der Waals surface area contributed by atoms with Crippen LogP contribution in [0.1, 0.15) is 40.0 Å². The number of amides is 1. The summed E-state index contributed by atoms with van der Waals surface area (Å²) in [6, 6.07) is 0. The molecule has 20 heavy (non-hydrogen) atoms. The molecule has 1 saturated heterocycles. The predicted molar refractivity (Wildman–Crippen MR) is 84.8 cm³/mol. The maximum atomic E-state index is 12.0. The van der Waals surface area contributed by atoms with Gasteiger partial charge in [-0.3, -0.25) is 0 Å². The fourth-order valence-corrected chi connectivity index (χ4v) is 3.14. The van der Waals surface area contributed by atoms with E-state index in [9.17, 15) is 4.79 Å². The molecule has 1 heterocycles. The molecule has 0 aromatic carbocycles. The van der Waals surface area contributed by atoms with Gasteiger partial charge in [-0.2, -0.15) is 0 Å². The van der Waals surface area contributed by atoms with Gasteiger partial charge in [-0.25, -0.2) is 4.79 Å². The molecule has 0 bridgehead atoms.